The average Bonchev–Trinajstić information content (AvgIpc) is 3.42. The second-order valence-corrected chi connectivity index (χ2v) is 10.2. The fourth-order valence-corrected chi connectivity index (χ4v) is 6.61. The van der Waals surface area contributed by atoms with Gasteiger partial charge in [-0.3, -0.25) is 9.36 Å². The molecule has 2 aliphatic rings. The summed E-state index contributed by atoms with van der Waals surface area (Å²) in [6.07, 6.45) is 5.33. The average molecular weight is 432 g/mol. The fraction of sp³-hybridized carbons (Fsp3) is 0.571. The zero-order valence-electron chi connectivity index (χ0n) is 16.8. The fourth-order valence-electron chi connectivity index (χ4n) is 4.29. The minimum atomic E-state index is 0.0927. The number of thiophene rings is 1. The number of fused-ring (bicyclic) bond motifs is 3. The Kier molecular flexibility index (Phi) is 5.26. The lowest BCUT2D eigenvalue weighted by molar-refractivity contribution is 0.0937. The smallest absolute Gasteiger partial charge is 0.263 e. The third-order valence-electron chi connectivity index (χ3n) is 5.82. The third-order valence-corrected chi connectivity index (χ3v) is 7.97. The van der Waals surface area contributed by atoms with Crippen LogP contribution in [0, 0.1) is 12.8 Å². The van der Waals surface area contributed by atoms with Crippen LogP contribution in [0.4, 0.5) is 0 Å². The highest BCUT2D eigenvalue weighted by Crippen LogP contribution is 2.37. The SMILES string of the molecule is Cc1cc(CSc2nc3sc4c(c3c(=O)n2CC2CCCO2)CCC(C)C4)no1. The van der Waals surface area contributed by atoms with Crippen LogP contribution in [0.15, 0.2) is 20.5 Å². The predicted octanol–water partition coefficient (Wildman–Crippen LogP) is 4.35. The zero-order valence-corrected chi connectivity index (χ0v) is 18.4. The molecule has 29 heavy (non-hydrogen) atoms. The maximum Gasteiger partial charge on any atom is 0.263 e. The van der Waals surface area contributed by atoms with Crippen LogP contribution < -0.4 is 5.56 Å². The zero-order chi connectivity index (χ0) is 20.0. The molecule has 6 nitrogen and oxygen atoms in total. The van der Waals surface area contributed by atoms with Crippen molar-refractivity contribution < 1.29 is 9.26 Å². The van der Waals surface area contributed by atoms with Crippen molar-refractivity contribution in [2.45, 2.75) is 69.5 Å². The summed E-state index contributed by atoms with van der Waals surface area (Å²) in [6, 6.07) is 1.93. The van der Waals surface area contributed by atoms with Gasteiger partial charge in [-0.15, -0.1) is 11.3 Å². The summed E-state index contributed by atoms with van der Waals surface area (Å²) in [6.45, 7) is 5.53. The minimum Gasteiger partial charge on any atom is -0.376 e. The number of aryl methyl sites for hydroxylation is 2. The predicted molar refractivity (Wildman–Crippen MR) is 115 cm³/mol. The molecule has 0 saturated carbocycles. The molecule has 2 atom stereocenters. The third kappa shape index (κ3) is 3.78. The Morgan fingerprint density at radius 1 is 1.38 bits per heavy atom. The molecule has 1 aliphatic heterocycles. The van der Waals surface area contributed by atoms with Crippen molar-refractivity contribution in [2.75, 3.05) is 6.61 Å². The molecule has 0 amide bonds. The molecule has 0 bridgehead atoms. The monoisotopic (exact) mass is 431 g/mol. The maximum absolute atomic E-state index is 13.6. The van der Waals surface area contributed by atoms with Crippen molar-refractivity contribution in [3.8, 4) is 0 Å². The number of hydrogen-bond acceptors (Lipinski definition) is 7. The molecule has 0 spiro atoms. The first-order valence-corrected chi connectivity index (χ1v) is 12.1. The Morgan fingerprint density at radius 3 is 3.03 bits per heavy atom. The van der Waals surface area contributed by atoms with Crippen LogP contribution in [-0.4, -0.2) is 27.4 Å². The molecule has 3 aromatic rings. The Bertz CT molecular complexity index is 1090. The lowest BCUT2D eigenvalue weighted by Gasteiger charge is -2.18. The van der Waals surface area contributed by atoms with Crippen LogP contribution in [0.2, 0.25) is 0 Å². The van der Waals surface area contributed by atoms with E-state index < -0.39 is 0 Å². The maximum atomic E-state index is 13.6. The van der Waals surface area contributed by atoms with E-state index in [-0.39, 0.29) is 11.7 Å². The van der Waals surface area contributed by atoms with Crippen molar-refractivity contribution in [1.82, 2.24) is 14.7 Å². The molecule has 1 saturated heterocycles. The highest BCUT2D eigenvalue weighted by Gasteiger charge is 2.26. The molecule has 0 radical (unpaired) electrons. The molecular formula is C21H25N3O3S2. The van der Waals surface area contributed by atoms with Crippen molar-refractivity contribution in [1.29, 1.82) is 0 Å². The van der Waals surface area contributed by atoms with Gasteiger partial charge >= 0.3 is 0 Å². The van der Waals surface area contributed by atoms with Gasteiger partial charge in [0.05, 0.1) is 23.7 Å². The van der Waals surface area contributed by atoms with E-state index in [1.165, 1.54) is 10.4 Å². The highest BCUT2D eigenvalue weighted by molar-refractivity contribution is 7.98. The second-order valence-electron chi connectivity index (χ2n) is 8.19. The Balaban J connectivity index is 1.56. The van der Waals surface area contributed by atoms with Crippen LogP contribution in [0.5, 0.6) is 0 Å². The van der Waals surface area contributed by atoms with Gasteiger partial charge in [-0.05, 0) is 50.5 Å². The molecule has 1 fully saturated rings. The first-order chi connectivity index (χ1) is 14.1. The van der Waals surface area contributed by atoms with Gasteiger partial charge in [0.25, 0.3) is 5.56 Å². The molecule has 4 heterocycles. The number of aromatic nitrogens is 3. The van der Waals surface area contributed by atoms with Gasteiger partial charge in [0.2, 0.25) is 0 Å². The van der Waals surface area contributed by atoms with E-state index in [2.05, 4.69) is 12.1 Å². The summed E-state index contributed by atoms with van der Waals surface area (Å²) in [7, 11) is 0. The minimum absolute atomic E-state index is 0.0927. The Hall–Kier alpha value is -1.64. The van der Waals surface area contributed by atoms with Crippen LogP contribution in [-0.2, 0) is 29.9 Å². The molecule has 154 valence electrons. The standard InChI is InChI=1S/C21H25N3O3S2/c1-12-5-6-16-17(8-12)29-19-18(16)20(25)24(10-15-4-3-7-26-15)21(22-19)28-11-14-9-13(2)27-23-14/h9,12,15H,3-8,10-11H2,1-2H3. The lowest BCUT2D eigenvalue weighted by Crippen LogP contribution is -2.29. The summed E-state index contributed by atoms with van der Waals surface area (Å²) in [5.41, 5.74) is 2.20. The van der Waals surface area contributed by atoms with Crippen LogP contribution in [0.3, 0.4) is 0 Å². The quantitative estimate of drug-likeness (QED) is 0.442. The van der Waals surface area contributed by atoms with E-state index in [4.69, 9.17) is 14.2 Å². The van der Waals surface area contributed by atoms with E-state index in [0.717, 1.165) is 65.5 Å². The molecule has 5 rings (SSSR count). The molecule has 0 N–H and O–H groups in total. The summed E-state index contributed by atoms with van der Waals surface area (Å²) in [4.78, 5) is 20.8. The van der Waals surface area contributed by atoms with Crippen molar-refractivity contribution in [2.24, 2.45) is 5.92 Å². The van der Waals surface area contributed by atoms with Gasteiger partial charge in [-0.2, -0.15) is 0 Å². The molecule has 1 aliphatic carbocycles. The summed E-state index contributed by atoms with van der Waals surface area (Å²) in [5.74, 6) is 2.10. The normalized spacial score (nSPS) is 21.7. The lowest BCUT2D eigenvalue weighted by atomic mass is 9.89. The Labute approximate surface area is 177 Å². The van der Waals surface area contributed by atoms with E-state index in [1.54, 1.807) is 23.1 Å². The van der Waals surface area contributed by atoms with E-state index >= 15 is 0 Å². The van der Waals surface area contributed by atoms with Crippen molar-refractivity contribution >= 4 is 33.3 Å². The van der Waals surface area contributed by atoms with E-state index in [1.807, 2.05) is 17.6 Å². The summed E-state index contributed by atoms with van der Waals surface area (Å²) in [5, 5.41) is 5.68. The summed E-state index contributed by atoms with van der Waals surface area (Å²) >= 11 is 3.26. The number of thioether (sulfide) groups is 1. The molecule has 3 aromatic heterocycles. The Morgan fingerprint density at radius 2 is 2.28 bits per heavy atom. The van der Waals surface area contributed by atoms with Gasteiger partial charge in [0, 0.05) is 23.3 Å². The number of hydrogen-bond donors (Lipinski definition) is 0. The topological polar surface area (TPSA) is 70.2 Å². The number of ether oxygens (including phenoxy) is 1. The number of rotatable bonds is 5. The van der Waals surface area contributed by atoms with Gasteiger partial charge < -0.3 is 9.26 Å². The van der Waals surface area contributed by atoms with Gasteiger partial charge in [0.1, 0.15) is 10.6 Å². The molecule has 0 aromatic carbocycles. The van der Waals surface area contributed by atoms with E-state index in [0.29, 0.717) is 18.2 Å². The highest BCUT2D eigenvalue weighted by atomic mass is 32.2. The first kappa shape index (κ1) is 19.3. The second kappa shape index (κ2) is 7.89. The summed E-state index contributed by atoms with van der Waals surface area (Å²) < 4.78 is 12.9. The molecule has 2 unspecified atom stereocenters. The van der Waals surface area contributed by atoms with E-state index in [9.17, 15) is 4.79 Å². The van der Waals surface area contributed by atoms with Crippen LogP contribution in [0.1, 0.15) is 48.1 Å². The van der Waals surface area contributed by atoms with Gasteiger partial charge in [0.15, 0.2) is 5.16 Å². The van der Waals surface area contributed by atoms with Crippen LogP contribution in [0.25, 0.3) is 10.2 Å². The van der Waals surface area contributed by atoms with Crippen molar-refractivity contribution in [3.63, 3.8) is 0 Å². The first-order valence-electron chi connectivity index (χ1n) is 10.3. The van der Waals surface area contributed by atoms with Crippen molar-refractivity contribution in [3.05, 3.63) is 38.3 Å². The number of nitrogens with zero attached hydrogens (tertiary/aromatic N) is 3. The molecular weight excluding hydrogens is 406 g/mol. The molecule has 8 heteroatoms. The van der Waals surface area contributed by atoms with Crippen LogP contribution >= 0.6 is 23.1 Å². The van der Waals surface area contributed by atoms with Gasteiger partial charge in [-0.1, -0.05) is 23.8 Å². The van der Waals surface area contributed by atoms with Gasteiger partial charge in [-0.25, -0.2) is 4.98 Å². The largest absolute Gasteiger partial charge is 0.376 e.